The summed E-state index contributed by atoms with van der Waals surface area (Å²) in [6.07, 6.45) is 6.19. The lowest BCUT2D eigenvalue weighted by molar-refractivity contribution is -0.153. The fourth-order valence-electron chi connectivity index (χ4n) is 3.12. The van der Waals surface area contributed by atoms with E-state index in [9.17, 15) is 48.7 Å². The quantitative estimate of drug-likeness (QED) is 0.113. The predicted molar refractivity (Wildman–Crippen MR) is 134 cm³/mol. The van der Waals surface area contributed by atoms with Gasteiger partial charge in [-0.2, -0.15) is 26.3 Å². The molecular formula is C26H39F10O6+. The number of aliphatic hydroxyl groups excluding tert-OH is 3. The lowest BCUT2D eigenvalue weighted by Gasteiger charge is -2.20. The Hall–Kier alpha value is -2.46. The largest absolute Gasteiger partial charge is 1.00 e. The van der Waals surface area contributed by atoms with E-state index in [1.165, 1.54) is 51.4 Å². The summed E-state index contributed by atoms with van der Waals surface area (Å²) in [5.41, 5.74) is 0. The zero-order chi connectivity index (χ0) is 33.3. The SMILES string of the molecule is C=C(F)C(=O)F.C=C(F)C(=O)OCC1CCCCC1.OCC(F)(F)C(F)F.OCC(F)=C(F)F.OCC1CCCCC1.[H+]. The fraction of sp³-hybridized carbons (Fsp3) is 0.692. The van der Waals surface area contributed by atoms with E-state index in [1.807, 2.05) is 0 Å². The van der Waals surface area contributed by atoms with Crippen LogP contribution in [0, 0.1) is 11.8 Å². The van der Waals surface area contributed by atoms with E-state index in [0.717, 1.165) is 12.8 Å². The topological polar surface area (TPSA) is 104 Å². The van der Waals surface area contributed by atoms with Gasteiger partial charge in [0, 0.05) is 6.61 Å². The number of rotatable bonds is 8. The van der Waals surface area contributed by atoms with Gasteiger partial charge in [0.05, 0.1) is 6.61 Å². The van der Waals surface area contributed by atoms with Gasteiger partial charge in [0.2, 0.25) is 5.83 Å². The minimum Gasteiger partial charge on any atom is -0.460 e. The van der Waals surface area contributed by atoms with E-state index in [0.29, 0.717) is 25.0 Å². The molecular weight excluding hydrogens is 598 g/mol. The molecule has 0 unspecified atom stereocenters. The monoisotopic (exact) mass is 637 g/mol. The Morgan fingerprint density at radius 2 is 1.19 bits per heavy atom. The van der Waals surface area contributed by atoms with Crippen LogP contribution in [0.4, 0.5) is 43.9 Å². The van der Waals surface area contributed by atoms with Gasteiger partial charge < -0.3 is 20.1 Å². The van der Waals surface area contributed by atoms with Crippen LogP contribution >= 0.6 is 0 Å². The number of alkyl halides is 4. The molecule has 2 aliphatic carbocycles. The molecule has 0 spiro atoms. The third-order valence-electron chi connectivity index (χ3n) is 5.47. The maximum atomic E-state index is 12.2. The second-order valence-electron chi connectivity index (χ2n) is 8.92. The molecule has 2 rings (SSSR count). The summed E-state index contributed by atoms with van der Waals surface area (Å²) in [5.74, 6) is -8.39. The summed E-state index contributed by atoms with van der Waals surface area (Å²) < 4.78 is 116. The average Bonchev–Trinajstić information content (AvgIpc) is 2.97. The molecule has 0 aromatic heterocycles. The molecule has 0 aromatic carbocycles. The Balaban J connectivity index is -0.000000227. The van der Waals surface area contributed by atoms with E-state index >= 15 is 0 Å². The number of ether oxygens (including phenoxy) is 1. The first-order chi connectivity index (χ1) is 19.5. The minimum absolute atomic E-state index is 0. The lowest BCUT2D eigenvalue weighted by atomic mass is 9.90. The van der Waals surface area contributed by atoms with Gasteiger partial charge in [0.15, 0.2) is 11.7 Å². The highest BCUT2D eigenvalue weighted by molar-refractivity contribution is 5.85. The summed E-state index contributed by atoms with van der Waals surface area (Å²) in [4.78, 5) is 19.7. The van der Waals surface area contributed by atoms with Crippen LogP contribution in [0.2, 0.25) is 0 Å². The van der Waals surface area contributed by atoms with Crippen LogP contribution in [0.5, 0.6) is 0 Å². The Morgan fingerprint density at radius 1 is 0.786 bits per heavy atom. The van der Waals surface area contributed by atoms with Crippen molar-refractivity contribution in [2.24, 2.45) is 11.8 Å². The molecule has 2 aliphatic rings. The molecule has 16 heteroatoms. The van der Waals surface area contributed by atoms with Crippen molar-refractivity contribution in [3.05, 3.63) is 36.7 Å². The molecule has 0 saturated heterocycles. The van der Waals surface area contributed by atoms with Crippen molar-refractivity contribution in [3.63, 3.8) is 0 Å². The highest BCUT2D eigenvalue weighted by Crippen LogP contribution is 2.24. The molecule has 0 amide bonds. The first kappa shape index (κ1) is 44.0. The van der Waals surface area contributed by atoms with Gasteiger partial charge in [0.1, 0.15) is 13.2 Å². The van der Waals surface area contributed by atoms with Gasteiger partial charge in [0.25, 0.3) is 0 Å². The molecule has 0 bridgehead atoms. The number of allylic oxidation sites excluding steroid dienone is 1. The van der Waals surface area contributed by atoms with E-state index in [2.05, 4.69) is 13.2 Å². The lowest BCUT2D eigenvalue weighted by Crippen LogP contribution is -2.30. The van der Waals surface area contributed by atoms with Crippen molar-refractivity contribution < 1.29 is 75.0 Å². The fourth-order valence-corrected chi connectivity index (χ4v) is 3.12. The van der Waals surface area contributed by atoms with Crippen molar-refractivity contribution in [1.29, 1.82) is 0 Å². The molecule has 0 aliphatic heterocycles. The number of carbonyl (C=O) groups excluding carboxylic acids is 2. The van der Waals surface area contributed by atoms with E-state index in [4.69, 9.17) is 24.9 Å². The number of esters is 1. The van der Waals surface area contributed by atoms with Gasteiger partial charge in [-0.05, 0) is 37.5 Å². The van der Waals surface area contributed by atoms with Crippen LogP contribution in [-0.4, -0.2) is 66.1 Å². The van der Waals surface area contributed by atoms with Crippen LogP contribution in [-0.2, 0) is 14.3 Å². The number of halogens is 10. The van der Waals surface area contributed by atoms with Gasteiger partial charge in [-0.25, -0.2) is 22.4 Å². The Bertz CT molecular complexity index is 787. The van der Waals surface area contributed by atoms with Crippen LogP contribution in [0.15, 0.2) is 36.7 Å². The first-order valence-electron chi connectivity index (χ1n) is 12.7. The molecule has 0 heterocycles. The van der Waals surface area contributed by atoms with Gasteiger partial charge in [-0.3, -0.25) is 4.79 Å². The molecule has 0 radical (unpaired) electrons. The normalized spacial score (nSPS) is 15.1. The van der Waals surface area contributed by atoms with Crippen molar-refractivity contribution in [1.82, 2.24) is 0 Å². The van der Waals surface area contributed by atoms with Crippen molar-refractivity contribution in [2.45, 2.75) is 76.6 Å². The Kier molecular flexibility index (Phi) is 27.4. The Morgan fingerprint density at radius 3 is 1.38 bits per heavy atom. The van der Waals surface area contributed by atoms with E-state index in [-0.39, 0.29) is 1.43 Å². The van der Waals surface area contributed by atoms with Crippen LogP contribution in [0.3, 0.4) is 0 Å². The van der Waals surface area contributed by atoms with Gasteiger partial charge in [-0.15, -0.1) is 0 Å². The molecule has 3 N–H and O–H groups in total. The molecule has 0 aromatic rings. The Labute approximate surface area is 239 Å². The number of hydrogen-bond acceptors (Lipinski definition) is 6. The molecule has 248 valence electrons. The van der Waals surface area contributed by atoms with E-state index in [1.54, 1.807) is 0 Å². The summed E-state index contributed by atoms with van der Waals surface area (Å²) in [5, 5.41) is 23.8. The summed E-state index contributed by atoms with van der Waals surface area (Å²) in [7, 11) is 0. The third kappa shape index (κ3) is 26.4. The van der Waals surface area contributed by atoms with Gasteiger partial charge >= 0.3 is 31.9 Å². The van der Waals surface area contributed by atoms with Gasteiger partial charge in [-0.1, -0.05) is 51.7 Å². The molecule has 0 atom stereocenters. The summed E-state index contributed by atoms with van der Waals surface area (Å²) in [6, 6.07) is -2.10. The summed E-state index contributed by atoms with van der Waals surface area (Å²) in [6.45, 7) is 2.99. The number of aliphatic hydroxyl groups is 3. The number of carbonyl (C=O) groups is 2. The van der Waals surface area contributed by atoms with Crippen molar-refractivity contribution >= 4 is 12.0 Å². The van der Waals surface area contributed by atoms with Crippen molar-refractivity contribution in [3.8, 4) is 0 Å². The minimum atomic E-state index is -4.24. The molecule has 6 nitrogen and oxygen atoms in total. The van der Waals surface area contributed by atoms with Crippen LogP contribution in [0.25, 0.3) is 0 Å². The zero-order valence-corrected chi connectivity index (χ0v) is 22.9. The van der Waals surface area contributed by atoms with Crippen LogP contribution < -0.4 is 0 Å². The second kappa shape index (κ2) is 26.2. The average molecular weight is 638 g/mol. The first-order valence-corrected chi connectivity index (χ1v) is 12.7. The summed E-state index contributed by atoms with van der Waals surface area (Å²) >= 11 is 0. The second-order valence-corrected chi connectivity index (χ2v) is 8.92. The highest BCUT2D eigenvalue weighted by atomic mass is 19.3. The van der Waals surface area contributed by atoms with E-state index < -0.39 is 61.1 Å². The third-order valence-corrected chi connectivity index (χ3v) is 5.47. The smallest absolute Gasteiger partial charge is 0.460 e. The zero-order valence-electron chi connectivity index (χ0n) is 23.9. The highest BCUT2D eigenvalue weighted by Gasteiger charge is 2.39. The van der Waals surface area contributed by atoms with Crippen LogP contribution in [0.1, 0.15) is 65.6 Å². The molecule has 2 fully saturated rings. The predicted octanol–water partition coefficient (Wildman–Crippen LogP) is 7.17. The number of hydrogen-bond donors (Lipinski definition) is 3. The maximum Gasteiger partial charge on any atom is 1.00 e. The molecule has 42 heavy (non-hydrogen) atoms. The molecule has 2 saturated carbocycles. The standard InChI is InChI=1S/C10H15FO2.C7H14O.C3H4F4O.C3H3F3O.C3H2F2O/c1-8(11)10(12)13-7-9-5-3-2-4-6-9;8-6-7-4-2-1-3-5-7;4-2(5)3(6,7)1-8;4-2(1-7)3(5)6;1-2(4)3(5)6/h9H,1-7H2;7-8H,1-6H2;2,8H,1H2;7H,1H2;1H2/p+1. The maximum absolute atomic E-state index is 12.2. The van der Waals surface area contributed by atoms with Crippen molar-refractivity contribution in [2.75, 3.05) is 26.4 Å².